The van der Waals surface area contributed by atoms with Crippen LogP contribution in [0, 0.1) is 5.82 Å². The lowest BCUT2D eigenvalue weighted by atomic mass is 10.2. The summed E-state index contributed by atoms with van der Waals surface area (Å²) in [6.07, 6.45) is 0. The number of carbonyl (C=O) groups is 2. The van der Waals surface area contributed by atoms with Gasteiger partial charge in [0.15, 0.2) is 0 Å². The smallest absolute Gasteiger partial charge is 0.251 e. The van der Waals surface area contributed by atoms with Crippen LogP contribution in [-0.4, -0.2) is 24.9 Å². The van der Waals surface area contributed by atoms with Crippen LogP contribution in [0.3, 0.4) is 0 Å². The van der Waals surface area contributed by atoms with Crippen molar-refractivity contribution in [1.82, 2.24) is 5.32 Å². The molecule has 0 unspecified atom stereocenters. The highest BCUT2D eigenvalue weighted by Crippen LogP contribution is 2.25. The number of hydrogen-bond donors (Lipinski definition) is 1. The van der Waals surface area contributed by atoms with Gasteiger partial charge in [0.2, 0.25) is 5.91 Å². The molecule has 0 aliphatic carbocycles. The number of benzene rings is 2. The average molecular weight is 379 g/mol. The molecule has 23 heavy (non-hydrogen) atoms. The van der Waals surface area contributed by atoms with Crippen molar-refractivity contribution >= 4 is 33.4 Å². The van der Waals surface area contributed by atoms with Crippen molar-refractivity contribution in [3.8, 4) is 0 Å². The molecule has 120 valence electrons. The number of rotatable bonds is 5. The van der Waals surface area contributed by atoms with Gasteiger partial charge in [-0.2, -0.15) is 0 Å². The van der Waals surface area contributed by atoms with Gasteiger partial charge in [-0.1, -0.05) is 18.2 Å². The van der Waals surface area contributed by atoms with Crippen LogP contribution in [0.1, 0.15) is 17.3 Å². The molecule has 0 radical (unpaired) electrons. The lowest BCUT2D eigenvalue weighted by Gasteiger charge is -2.22. The number of anilines is 1. The highest BCUT2D eigenvalue weighted by atomic mass is 79.9. The van der Waals surface area contributed by atoms with E-state index < -0.39 is 5.82 Å². The molecule has 2 aromatic carbocycles. The first kappa shape index (κ1) is 17.1. The summed E-state index contributed by atoms with van der Waals surface area (Å²) in [6.45, 7) is 2.04. The maximum absolute atomic E-state index is 13.1. The Labute approximate surface area is 142 Å². The largest absolute Gasteiger partial charge is 0.350 e. The van der Waals surface area contributed by atoms with Gasteiger partial charge in [-0.3, -0.25) is 9.59 Å². The molecule has 0 aromatic heterocycles. The first-order valence-electron chi connectivity index (χ1n) is 7.05. The van der Waals surface area contributed by atoms with Crippen LogP contribution < -0.4 is 10.2 Å². The average Bonchev–Trinajstić information content (AvgIpc) is 2.52. The summed E-state index contributed by atoms with van der Waals surface area (Å²) in [5.74, 6) is -0.965. The van der Waals surface area contributed by atoms with E-state index in [0.717, 1.165) is 10.2 Å². The molecular formula is C17H16BrFN2O2. The summed E-state index contributed by atoms with van der Waals surface area (Å²) in [5, 5.41) is 2.69. The Bertz CT molecular complexity index is 721. The summed E-state index contributed by atoms with van der Waals surface area (Å²) in [7, 11) is 0. The number of carbonyl (C=O) groups excluding carboxylic acids is 2. The van der Waals surface area contributed by atoms with Gasteiger partial charge in [0.05, 0.1) is 5.69 Å². The van der Waals surface area contributed by atoms with E-state index in [1.54, 1.807) is 4.90 Å². The zero-order valence-corrected chi connectivity index (χ0v) is 14.1. The molecular weight excluding hydrogens is 363 g/mol. The molecule has 1 N–H and O–H groups in total. The fourth-order valence-electron chi connectivity index (χ4n) is 2.13. The summed E-state index contributed by atoms with van der Waals surface area (Å²) in [5.41, 5.74) is 0.986. The van der Waals surface area contributed by atoms with Crippen molar-refractivity contribution in [3.05, 3.63) is 64.4 Å². The quantitative estimate of drug-likeness (QED) is 0.866. The Morgan fingerprint density at radius 2 is 1.91 bits per heavy atom. The number of nitrogens with one attached hydrogen (secondary N) is 1. The van der Waals surface area contributed by atoms with Crippen molar-refractivity contribution in [1.29, 1.82) is 0 Å². The number of hydrogen-bond acceptors (Lipinski definition) is 2. The second kappa shape index (κ2) is 7.87. The van der Waals surface area contributed by atoms with E-state index >= 15 is 0 Å². The molecule has 0 heterocycles. The van der Waals surface area contributed by atoms with Gasteiger partial charge in [0.1, 0.15) is 5.82 Å². The van der Waals surface area contributed by atoms with Crippen LogP contribution in [0.15, 0.2) is 53.0 Å². The standard InChI is InChI=1S/C17H16BrFN2O2/c1-12(22)21(16-8-3-2-7-15(16)18)10-9-20-17(23)13-5-4-6-14(19)11-13/h2-8,11H,9-10H2,1H3,(H,20,23). The highest BCUT2D eigenvalue weighted by Gasteiger charge is 2.14. The second-order valence-electron chi connectivity index (χ2n) is 4.89. The molecule has 0 bridgehead atoms. The van der Waals surface area contributed by atoms with Gasteiger partial charge in [-0.15, -0.1) is 0 Å². The summed E-state index contributed by atoms with van der Waals surface area (Å²) >= 11 is 3.41. The van der Waals surface area contributed by atoms with E-state index in [9.17, 15) is 14.0 Å². The van der Waals surface area contributed by atoms with Crippen LogP contribution in [0.5, 0.6) is 0 Å². The van der Waals surface area contributed by atoms with Crippen molar-refractivity contribution in [2.75, 3.05) is 18.0 Å². The first-order valence-corrected chi connectivity index (χ1v) is 7.84. The van der Waals surface area contributed by atoms with E-state index in [1.165, 1.54) is 31.2 Å². The van der Waals surface area contributed by atoms with Crippen molar-refractivity contribution in [3.63, 3.8) is 0 Å². The lowest BCUT2D eigenvalue weighted by Crippen LogP contribution is -2.37. The van der Waals surface area contributed by atoms with Crippen LogP contribution in [-0.2, 0) is 4.79 Å². The van der Waals surface area contributed by atoms with Gasteiger partial charge in [0, 0.05) is 30.0 Å². The predicted octanol–water partition coefficient (Wildman–Crippen LogP) is 3.37. The van der Waals surface area contributed by atoms with Gasteiger partial charge in [0.25, 0.3) is 5.91 Å². The molecule has 4 nitrogen and oxygen atoms in total. The van der Waals surface area contributed by atoms with Crippen molar-refractivity contribution < 1.29 is 14.0 Å². The summed E-state index contributed by atoms with van der Waals surface area (Å²) in [6, 6.07) is 12.8. The molecule has 2 aromatic rings. The van der Waals surface area contributed by atoms with E-state index in [-0.39, 0.29) is 23.9 Å². The molecule has 0 saturated heterocycles. The molecule has 2 amide bonds. The van der Waals surface area contributed by atoms with E-state index in [1.807, 2.05) is 24.3 Å². The third-order valence-corrected chi connectivity index (χ3v) is 3.90. The minimum atomic E-state index is -0.462. The Morgan fingerprint density at radius 1 is 1.17 bits per heavy atom. The Hall–Kier alpha value is -2.21. The van der Waals surface area contributed by atoms with Crippen molar-refractivity contribution in [2.24, 2.45) is 0 Å². The second-order valence-corrected chi connectivity index (χ2v) is 5.74. The number of nitrogens with zero attached hydrogens (tertiary/aromatic N) is 1. The Balaban J connectivity index is 1.99. The first-order chi connectivity index (χ1) is 11.0. The SMILES string of the molecule is CC(=O)N(CCNC(=O)c1cccc(F)c1)c1ccccc1Br. The molecule has 6 heteroatoms. The highest BCUT2D eigenvalue weighted by molar-refractivity contribution is 9.10. The van der Waals surface area contributed by atoms with Crippen LogP contribution in [0.2, 0.25) is 0 Å². The van der Waals surface area contributed by atoms with E-state index in [4.69, 9.17) is 0 Å². The third kappa shape index (κ3) is 4.63. The molecule has 0 fully saturated rings. The molecule has 2 rings (SSSR count). The van der Waals surface area contributed by atoms with Gasteiger partial charge in [-0.25, -0.2) is 4.39 Å². The number of para-hydroxylation sites is 1. The monoisotopic (exact) mass is 378 g/mol. The number of halogens is 2. The Morgan fingerprint density at radius 3 is 2.57 bits per heavy atom. The fraction of sp³-hybridized carbons (Fsp3) is 0.176. The van der Waals surface area contributed by atoms with Crippen molar-refractivity contribution in [2.45, 2.75) is 6.92 Å². The maximum Gasteiger partial charge on any atom is 0.251 e. The molecule has 0 aliphatic rings. The van der Waals surface area contributed by atoms with Crippen LogP contribution in [0.25, 0.3) is 0 Å². The van der Waals surface area contributed by atoms with Crippen LogP contribution >= 0.6 is 15.9 Å². The summed E-state index contributed by atoms with van der Waals surface area (Å²) < 4.78 is 13.9. The van der Waals surface area contributed by atoms with Gasteiger partial charge >= 0.3 is 0 Å². The van der Waals surface area contributed by atoms with Gasteiger partial charge in [-0.05, 0) is 46.3 Å². The fourth-order valence-corrected chi connectivity index (χ4v) is 2.63. The lowest BCUT2D eigenvalue weighted by molar-refractivity contribution is -0.116. The zero-order valence-electron chi connectivity index (χ0n) is 12.6. The third-order valence-electron chi connectivity index (χ3n) is 3.23. The molecule has 0 atom stereocenters. The van der Waals surface area contributed by atoms with Crippen LogP contribution in [0.4, 0.5) is 10.1 Å². The summed E-state index contributed by atoms with van der Waals surface area (Å²) in [4.78, 5) is 25.4. The van der Waals surface area contributed by atoms with E-state index in [2.05, 4.69) is 21.2 Å². The van der Waals surface area contributed by atoms with E-state index in [0.29, 0.717) is 6.54 Å². The topological polar surface area (TPSA) is 49.4 Å². The molecule has 0 spiro atoms. The number of amides is 2. The van der Waals surface area contributed by atoms with Gasteiger partial charge < -0.3 is 10.2 Å². The maximum atomic E-state index is 13.1. The molecule has 0 aliphatic heterocycles. The normalized spacial score (nSPS) is 10.2. The Kier molecular flexibility index (Phi) is 5.87. The zero-order chi connectivity index (χ0) is 16.8. The minimum Gasteiger partial charge on any atom is -0.350 e. The molecule has 0 saturated carbocycles. The minimum absolute atomic E-state index is 0.128. The predicted molar refractivity (Wildman–Crippen MR) is 90.9 cm³/mol.